The molecular weight excluding hydrogens is 538 g/mol. The lowest BCUT2D eigenvalue weighted by Crippen LogP contribution is -2.62. The molecule has 4 aliphatic rings. The predicted octanol–water partition coefficient (Wildman–Crippen LogP) is 4.32. The van der Waals surface area contributed by atoms with Crippen molar-refractivity contribution in [2.24, 2.45) is 17.8 Å². The van der Waals surface area contributed by atoms with Crippen molar-refractivity contribution < 1.29 is 25.9 Å². The minimum atomic E-state index is -4.02. The van der Waals surface area contributed by atoms with Crippen molar-refractivity contribution in [3.05, 3.63) is 84.2 Å². The summed E-state index contributed by atoms with van der Waals surface area (Å²) >= 11 is 0. The van der Waals surface area contributed by atoms with E-state index in [0.717, 1.165) is 28.9 Å². The van der Waals surface area contributed by atoms with E-state index in [1.807, 2.05) is 32.3 Å². The molecule has 3 saturated heterocycles. The zero-order valence-electron chi connectivity index (χ0n) is 22.0. The van der Waals surface area contributed by atoms with Gasteiger partial charge in [0, 0.05) is 38.1 Å². The maximum Gasteiger partial charge on any atom is 0.294 e. The molecule has 1 aromatic heterocycles. The Kier molecular flexibility index (Phi) is 9.07. The third kappa shape index (κ3) is 8.09. The van der Waals surface area contributed by atoms with E-state index in [-0.39, 0.29) is 9.79 Å². The average Bonchev–Trinajstić information content (AvgIpc) is 2.87. The third-order valence-electron chi connectivity index (χ3n) is 7.42. The van der Waals surface area contributed by atoms with Crippen LogP contribution in [0.4, 0.5) is 5.69 Å². The highest BCUT2D eigenvalue weighted by atomic mass is 32.2. The molecule has 1 aliphatic carbocycles. The van der Waals surface area contributed by atoms with Crippen molar-refractivity contribution in [2.75, 3.05) is 25.0 Å². The van der Waals surface area contributed by atoms with Crippen molar-refractivity contribution in [3.63, 3.8) is 0 Å². The number of anilines is 1. The topological polar surface area (TPSA) is 137 Å². The molecule has 3 N–H and O–H groups in total. The molecule has 2 atom stereocenters. The first-order chi connectivity index (χ1) is 18.4. The Bertz CT molecular complexity index is 1340. The maximum absolute atomic E-state index is 10.5. The highest BCUT2D eigenvalue weighted by Crippen LogP contribution is 2.44. The summed E-state index contributed by atoms with van der Waals surface area (Å²) in [5.74, 6) is 2.71. The van der Waals surface area contributed by atoms with E-state index in [0.29, 0.717) is 6.04 Å². The van der Waals surface area contributed by atoms with Gasteiger partial charge < -0.3 is 10.2 Å². The van der Waals surface area contributed by atoms with E-state index in [9.17, 15) is 16.8 Å². The maximum atomic E-state index is 10.5. The van der Waals surface area contributed by atoms with Crippen LogP contribution in [0.15, 0.2) is 82.8 Å². The van der Waals surface area contributed by atoms with Gasteiger partial charge in [-0.3, -0.25) is 14.1 Å². The lowest BCUT2D eigenvalue weighted by Gasteiger charge is -2.56. The summed E-state index contributed by atoms with van der Waals surface area (Å²) in [6.45, 7) is 7.67. The zero-order valence-corrected chi connectivity index (χ0v) is 23.6. The highest BCUT2D eigenvalue weighted by Gasteiger charge is 2.47. The normalized spacial score (nSPS) is 25.1. The summed E-state index contributed by atoms with van der Waals surface area (Å²) in [5.41, 5.74) is 3.11. The summed E-state index contributed by atoms with van der Waals surface area (Å²) in [6.07, 6.45) is 6.66. The molecule has 210 valence electrons. The lowest BCUT2D eigenvalue weighted by atomic mass is 9.65. The van der Waals surface area contributed by atoms with Gasteiger partial charge in [-0.05, 0) is 80.8 Å². The van der Waals surface area contributed by atoms with Crippen LogP contribution in [0.5, 0.6) is 0 Å². The SMILES string of the molecule is Cc1ccc(S(=O)(=O)O)cc1.Cc1ccc(S(=O)(=O)O)cc1.c1cncc(NC2C3CC4CC2CN(C4)C3)c1. The first-order valence-electron chi connectivity index (χ1n) is 12.9. The minimum Gasteiger partial charge on any atom is -0.380 e. The van der Waals surface area contributed by atoms with Gasteiger partial charge in [0.2, 0.25) is 0 Å². The molecular formula is C28H35N3O6S2. The Balaban J connectivity index is 0.000000142. The molecule has 9 nitrogen and oxygen atoms in total. The molecule has 2 unspecified atom stereocenters. The predicted molar refractivity (Wildman–Crippen MR) is 150 cm³/mol. The second kappa shape index (κ2) is 12.1. The fraction of sp³-hybridized carbons (Fsp3) is 0.393. The number of benzene rings is 2. The van der Waals surface area contributed by atoms with E-state index in [2.05, 4.69) is 21.3 Å². The molecule has 3 aromatic rings. The number of hydrogen-bond donors (Lipinski definition) is 3. The summed E-state index contributed by atoms with van der Waals surface area (Å²) < 4.78 is 59.1. The monoisotopic (exact) mass is 573 g/mol. The van der Waals surface area contributed by atoms with Gasteiger partial charge in [0.1, 0.15) is 0 Å². The van der Waals surface area contributed by atoms with Crippen LogP contribution in [0.3, 0.4) is 0 Å². The van der Waals surface area contributed by atoms with Crippen molar-refractivity contribution in [1.82, 2.24) is 9.88 Å². The Morgan fingerprint density at radius 1 is 0.769 bits per heavy atom. The first kappa shape index (κ1) is 29.2. The molecule has 0 radical (unpaired) electrons. The second-order valence-corrected chi connectivity index (χ2v) is 13.4. The van der Waals surface area contributed by atoms with E-state index in [1.165, 1.54) is 62.4 Å². The highest BCUT2D eigenvalue weighted by molar-refractivity contribution is 7.86. The number of piperidine rings is 3. The van der Waals surface area contributed by atoms with Crippen molar-refractivity contribution >= 4 is 25.9 Å². The number of rotatable bonds is 4. The first-order valence-corrected chi connectivity index (χ1v) is 15.7. The molecule has 3 aliphatic heterocycles. The molecule has 0 amide bonds. The van der Waals surface area contributed by atoms with Crippen LogP contribution in [0, 0.1) is 31.6 Å². The van der Waals surface area contributed by atoms with Crippen LogP contribution >= 0.6 is 0 Å². The van der Waals surface area contributed by atoms with Gasteiger partial charge >= 0.3 is 0 Å². The lowest BCUT2D eigenvalue weighted by molar-refractivity contribution is -0.0269. The van der Waals surface area contributed by atoms with Crippen LogP contribution in [0.1, 0.15) is 24.0 Å². The van der Waals surface area contributed by atoms with Crippen LogP contribution in [0.2, 0.25) is 0 Å². The molecule has 4 heterocycles. The smallest absolute Gasteiger partial charge is 0.294 e. The summed E-state index contributed by atoms with van der Waals surface area (Å²) in [6, 6.07) is 16.8. The van der Waals surface area contributed by atoms with Crippen molar-refractivity contribution in [2.45, 2.75) is 42.5 Å². The average molecular weight is 574 g/mol. The number of nitrogens with zero attached hydrogens (tertiary/aromatic N) is 2. The molecule has 7 rings (SSSR count). The van der Waals surface area contributed by atoms with Gasteiger partial charge in [0.25, 0.3) is 20.2 Å². The number of aryl methyl sites for hydroxylation is 2. The zero-order chi connectivity index (χ0) is 28.2. The van der Waals surface area contributed by atoms with Gasteiger partial charge in [0.15, 0.2) is 0 Å². The minimum absolute atomic E-state index is 0.0666. The van der Waals surface area contributed by atoms with E-state index < -0.39 is 20.2 Å². The molecule has 11 heteroatoms. The molecule has 0 spiro atoms. The van der Waals surface area contributed by atoms with Gasteiger partial charge in [-0.2, -0.15) is 16.8 Å². The Morgan fingerprint density at radius 3 is 1.64 bits per heavy atom. The van der Waals surface area contributed by atoms with E-state index >= 15 is 0 Å². The van der Waals surface area contributed by atoms with Gasteiger partial charge in [0.05, 0.1) is 15.5 Å². The van der Waals surface area contributed by atoms with Crippen LogP contribution in [-0.2, 0) is 20.2 Å². The molecule has 2 aromatic carbocycles. The van der Waals surface area contributed by atoms with Crippen molar-refractivity contribution in [3.8, 4) is 0 Å². The standard InChI is InChI=1S/C14H19N3.2C7H8O3S/c1-2-13(6-15-3-1)16-14-11-4-10-5-12(14)9-17(7-10)8-11;2*1-6-2-4-7(5-3-6)11(8,9)10/h1-3,6,10-12,14,16H,4-5,7-9H2;2*2-5H,1H3,(H,8,9,10). The molecule has 1 saturated carbocycles. The quantitative estimate of drug-likeness (QED) is 0.390. The fourth-order valence-corrected chi connectivity index (χ4v) is 6.66. The summed E-state index contributed by atoms with van der Waals surface area (Å²) in [7, 11) is -8.04. The molecule has 4 fully saturated rings. The Labute approximate surface area is 230 Å². The van der Waals surface area contributed by atoms with E-state index in [4.69, 9.17) is 9.11 Å². The van der Waals surface area contributed by atoms with Crippen LogP contribution < -0.4 is 5.32 Å². The second-order valence-electron chi connectivity index (χ2n) is 10.6. The summed E-state index contributed by atoms with van der Waals surface area (Å²) in [4.78, 5) is 6.74. The van der Waals surface area contributed by atoms with Gasteiger partial charge in [-0.25, -0.2) is 0 Å². The number of nitrogens with one attached hydrogen (secondary N) is 1. The van der Waals surface area contributed by atoms with Crippen molar-refractivity contribution in [1.29, 1.82) is 0 Å². The summed E-state index contributed by atoms with van der Waals surface area (Å²) in [5, 5.41) is 3.73. The van der Waals surface area contributed by atoms with Crippen LogP contribution in [0.25, 0.3) is 0 Å². The molecule has 4 bridgehead atoms. The molecule has 39 heavy (non-hydrogen) atoms. The number of hydrogen-bond acceptors (Lipinski definition) is 7. The third-order valence-corrected chi connectivity index (χ3v) is 9.16. The Hall–Kier alpha value is -2.83. The largest absolute Gasteiger partial charge is 0.380 e. The van der Waals surface area contributed by atoms with Gasteiger partial charge in [-0.1, -0.05) is 35.4 Å². The fourth-order valence-electron chi connectivity index (χ4n) is 5.70. The Morgan fingerprint density at radius 2 is 1.26 bits per heavy atom. The number of pyridine rings is 1. The number of aromatic nitrogens is 1. The van der Waals surface area contributed by atoms with Crippen LogP contribution in [-0.4, -0.2) is 61.5 Å². The van der Waals surface area contributed by atoms with Gasteiger partial charge in [-0.15, -0.1) is 0 Å². The van der Waals surface area contributed by atoms with E-state index in [1.54, 1.807) is 24.3 Å².